The van der Waals surface area contributed by atoms with Gasteiger partial charge >= 0.3 is 0 Å². The minimum Gasteiger partial charge on any atom is -0.494 e. The van der Waals surface area contributed by atoms with Crippen LogP contribution in [0.1, 0.15) is 10.4 Å². The summed E-state index contributed by atoms with van der Waals surface area (Å²) in [6.07, 6.45) is 0. The number of rotatable bonds is 5. The van der Waals surface area contributed by atoms with Crippen LogP contribution in [0.2, 0.25) is 0 Å². The van der Waals surface area contributed by atoms with E-state index in [-0.39, 0.29) is 22.4 Å². The summed E-state index contributed by atoms with van der Waals surface area (Å²) in [7, 11) is 1.34. The minimum atomic E-state index is -0.618. The number of halogens is 3. The van der Waals surface area contributed by atoms with Gasteiger partial charge in [-0.3, -0.25) is 4.79 Å². The van der Waals surface area contributed by atoms with Crippen LogP contribution in [0.25, 0.3) is 0 Å². The summed E-state index contributed by atoms with van der Waals surface area (Å²) in [5.41, 5.74) is 0.175. The average molecular weight is 357 g/mol. The Morgan fingerprint density at radius 2 is 1.90 bits per heavy atom. The summed E-state index contributed by atoms with van der Waals surface area (Å²) < 4.78 is 36.8. The molecule has 0 aliphatic heterocycles. The Balaban J connectivity index is 2.04. The molecule has 2 aromatic carbocycles. The van der Waals surface area contributed by atoms with Crippen molar-refractivity contribution < 1.29 is 23.0 Å². The predicted octanol–water partition coefficient (Wildman–Crippen LogP) is 4.00. The second-order valence-corrected chi connectivity index (χ2v) is 4.99. The molecule has 2 aromatic rings. The van der Waals surface area contributed by atoms with Crippen LogP contribution in [0.5, 0.6) is 11.5 Å². The van der Waals surface area contributed by atoms with Gasteiger partial charge in [-0.05, 0) is 52.3 Å². The Kier molecular flexibility index (Phi) is 4.90. The highest BCUT2D eigenvalue weighted by atomic mass is 79.9. The molecule has 0 N–H and O–H groups in total. The van der Waals surface area contributed by atoms with Crippen molar-refractivity contribution in [2.45, 2.75) is 0 Å². The van der Waals surface area contributed by atoms with E-state index in [1.165, 1.54) is 37.4 Å². The van der Waals surface area contributed by atoms with Crippen molar-refractivity contribution in [1.29, 1.82) is 0 Å². The van der Waals surface area contributed by atoms with E-state index in [2.05, 4.69) is 15.9 Å². The summed E-state index contributed by atoms with van der Waals surface area (Å²) in [5.74, 6) is -1.03. The third-order valence-electron chi connectivity index (χ3n) is 2.73. The van der Waals surface area contributed by atoms with Gasteiger partial charge < -0.3 is 9.47 Å². The lowest BCUT2D eigenvalue weighted by Crippen LogP contribution is -2.12. The van der Waals surface area contributed by atoms with Crippen LogP contribution in [0, 0.1) is 11.6 Å². The van der Waals surface area contributed by atoms with E-state index in [0.29, 0.717) is 5.75 Å². The number of hydrogen-bond acceptors (Lipinski definition) is 3. The molecule has 0 aliphatic carbocycles. The molecule has 0 heterocycles. The molecule has 3 nitrogen and oxygen atoms in total. The van der Waals surface area contributed by atoms with Gasteiger partial charge in [-0.25, -0.2) is 8.78 Å². The smallest absolute Gasteiger partial charge is 0.200 e. The van der Waals surface area contributed by atoms with Gasteiger partial charge in [-0.2, -0.15) is 0 Å². The van der Waals surface area contributed by atoms with Crippen molar-refractivity contribution in [1.82, 2.24) is 0 Å². The van der Waals surface area contributed by atoms with Crippen LogP contribution < -0.4 is 9.47 Å². The standard InChI is InChI=1S/C15H11BrF2O3/c1-20-15-5-2-9(6-13(15)18)14(19)8-21-10-3-4-12(17)11(16)7-10/h2-7H,8H2,1H3. The Labute approximate surface area is 128 Å². The van der Waals surface area contributed by atoms with Crippen molar-refractivity contribution in [3.63, 3.8) is 0 Å². The largest absolute Gasteiger partial charge is 0.494 e. The number of ketones is 1. The normalized spacial score (nSPS) is 10.3. The molecule has 0 aliphatic rings. The molecule has 0 bridgehead atoms. The van der Waals surface area contributed by atoms with Gasteiger partial charge in [0, 0.05) is 5.56 Å². The lowest BCUT2D eigenvalue weighted by Gasteiger charge is -2.07. The first-order valence-corrected chi connectivity index (χ1v) is 6.75. The highest BCUT2D eigenvalue weighted by Crippen LogP contribution is 2.22. The first-order chi connectivity index (χ1) is 10.0. The zero-order valence-electron chi connectivity index (χ0n) is 11.0. The fourth-order valence-electron chi connectivity index (χ4n) is 1.64. The lowest BCUT2D eigenvalue weighted by molar-refractivity contribution is 0.0921. The lowest BCUT2D eigenvalue weighted by atomic mass is 10.1. The molecule has 6 heteroatoms. The SMILES string of the molecule is COc1ccc(C(=O)COc2ccc(F)c(Br)c2)cc1F. The molecule has 0 spiro atoms. The number of methoxy groups -OCH3 is 1. The fourth-order valence-corrected chi connectivity index (χ4v) is 2.00. The van der Waals surface area contributed by atoms with Crippen LogP contribution in [0.3, 0.4) is 0 Å². The van der Waals surface area contributed by atoms with Gasteiger partial charge in [-0.1, -0.05) is 0 Å². The van der Waals surface area contributed by atoms with Gasteiger partial charge in [0.15, 0.2) is 24.0 Å². The van der Waals surface area contributed by atoms with Crippen molar-refractivity contribution in [2.24, 2.45) is 0 Å². The Morgan fingerprint density at radius 1 is 1.14 bits per heavy atom. The maximum absolute atomic E-state index is 13.5. The first-order valence-electron chi connectivity index (χ1n) is 5.96. The molecule has 2 rings (SSSR count). The zero-order valence-corrected chi connectivity index (χ0v) is 12.6. The molecule has 0 aromatic heterocycles. The number of hydrogen-bond donors (Lipinski definition) is 0. The Morgan fingerprint density at radius 3 is 2.52 bits per heavy atom. The topological polar surface area (TPSA) is 35.5 Å². The quantitative estimate of drug-likeness (QED) is 0.759. The van der Waals surface area contributed by atoms with Crippen LogP contribution in [0.4, 0.5) is 8.78 Å². The highest BCUT2D eigenvalue weighted by Gasteiger charge is 2.11. The van der Waals surface area contributed by atoms with Crippen molar-refractivity contribution >= 4 is 21.7 Å². The Hall–Kier alpha value is -1.95. The molecular weight excluding hydrogens is 346 g/mol. The monoisotopic (exact) mass is 356 g/mol. The number of ether oxygens (including phenoxy) is 2. The van der Waals surface area contributed by atoms with E-state index >= 15 is 0 Å². The van der Waals surface area contributed by atoms with Crippen molar-refractivity contribution in [2.75, 3.05) is 13.7 Å². The third kappa shape index (κ3) is 3.78. The Bertz CT molecular complexity index is 674. The maximum Gasteiger partial charge on any atom is 0.200 e. The van der Waals surface area contributed by atoms with Crippen LogP contribution >= 0.6 is 15.9 Å². The molecule has 0 fully saturated rings. The summed E-state index contributed by atoms with van der Waals surface area (Å²) in [5, 5.41) is 0. The number of carbonyl (C=O) groups excluding carboxylic acids is 1. The third-order valence-corrected chi connectivity index (χ3v) is 3.34. The molecule has 0 saturated carbocycles. The molecule has 21 heavy (non-hydrogen) atoms. The van der Waals surface area contributed by atoms with E-state index in [9.17, 15) is 13.6 Å². The highest BCUT2D eigenvalue weighted by molar-refractivity contribution is 9.10. The maximum atomic E-state index is 13.5. The van der Waals surface area contributed by atoms with E-state index in [1.54, 1.807) is 0 Å². The summed E-state index contributed by atoms with van der Waals surface area (Å²) in [6, 6.07) is 7.95. The average Bonchev–Trinajstić information content (AvgIpc) is 2.48. The molecular formula is C15H11BrF2O3. The van der Waals surface area contributed by atoms with Gasteiger partial charge in [-0.15, -0.1) is 0 Å². The predicted molar refractivity (Wildman–Crippen MR) is 76.9 cm³/mol. The minimum absolute atomic E-state index is 0.0648. The first kappa shape index (κ1) is 15.4. The number of Topliss-reactive ketones (excluding diaryl/α,β-unsaturated/α-hetero) is 1. The number of benzene rings is 2. The molecule has 0 amide bonds. The van der Waals surface area contributed by atoms with Crippen molar-refractivity contribution in [3.05, 3.63) is 58.1 Å². The van der Waals surface area contributed by atoms with E-state index in [0.717, 1.165) is 6.07 Å². The van der Waals surface area contributed by atoms with Crippen LogP contribution in [0.15, 0.2) is 40.9 Å². The van der Waals surface area contributed by atoms with Gasteiger partial charge in [0.1, 0.15) is 11.6 Å². The molecule has 0 radical (unpaired) electrons. The number of carbonyl (C=O) groups is 1. The molecule has 110 valence electrons. The fraction of sp³-hybridized carbons (Fsp3) is 0.133. The molecule has 0 saturated heterocycles. The molecule has 0 atom stereocenters. The summed E-state index contributed by atoms with van der Waals surface area (Å²) in [6.45, 7) is -0.274. The van der Waals surface area contributed by atoms with Gasteiger partial charge in [0.05, 0.1) is 11.6 Å². The van der Waals surface area contributed by atoms with Crippen molar-refractivity contribution in [3.8, 4) is 11.5 Å². The zero-order chi connectivity index (χ0) is 15.4. The van der Waals surface area contributed by atoms with E-state index in [4.69, 9.17) is 9.47 Å². The molecule has 0 unspecified atom stereocenters. The van der Waals surface area contributed by atoms with Gasteiger partial charge in [0.25, 0.3) is 0 Å². The summed E-state index contributed by atoms with van der Waals surface area (Å²) in [4.78, 5) is 11.9. The second-order valence-electron chi connectivity index (χ2n) is 4.14. The van der Waals surface area contributed by atoms with Crippen LogP contribution in [-0.2, 0) is 0 Å². The second kappa shape index (κ2) is 6.67. The van der Waals surface area contributed by atoms with E-state index in [1.807, 2.05) is 0 Å². The van der Waals surface area contributed by atoms with Crippen LogP contribution in [-0.4, -0.2) is 19.5 Å². The van der Waals surface area contributed by atoms with E-state index < -0.39 is 17.4 Å². The summed E-state index contributed by atoms with van der Waals surface area (Å²) >= 11 is 3.02. The van der Waals surface area contributed by atoms with Gasteiger partial charge in [0.2, 0.25) is 0 Å².